The Kier molecular flexibility index (Phi) is 6.51. The van der Waals surface area contributed by atoms with Crippen LogP contribution in [0.25, 0.3) is 0 Å². The van der Waals surface area contributed by atoms with Crippen molar-refractivity contribution in [2.45, 2.75) is 38.6 Å². The number of carbonyl (C=O) groups is 1. The summed E-state index contributed by atoms with van der Waals surface area (Å²) in [5, 5.41) is 14.4. The molecule has 8 nitrogen and oxygen atoms in total. The molecule has 1 amide bonds. The van der Waals surface area contributed by atoms with E-state index in [9.17, 15) is 14.9 Å². The van der Waals surface area contributed by atoms with Gasteiger partial charge in [-0.15, -0.1) is 0 Å². The maximum absolute atomic E-state index is 12.3. The highest BCUT2D eigenvalue weighted by Crippen LogP contribution is 2.24. The zero-order valence-corrected chi connectivity index (χ0v) is 15.0. The van der Waals surface area contributed by atoms with Crippen LogP contribution in [0.1, 0.15) is 43.0 Å². The van der Waals surface area contributed by atoms with Crippen molar-refractivity contribution in [2.24, 2.45) is 5.92 Å². The highest BCUT2D eigenvalue weighted by atomic mass is 32.1. The maximum Gasteiger partial charge on any atom is 0.273 e. The number of hydrogen-bond acceptors (Lipinski definition) is 5. The fourth-order valence-corrected chi connectivity index (χ4v) is 3.11. The third kappa shape index (κ3) is 5.02. The van der Waals surface area contributed by atoms with E-state index in [1.165, 1.54) is 25.7 Å². The number of benzene rings is 1. The number of amides is 1. The molecule has 0 heterocycles. The fraction of sp³-hybridized carbons (Fsp3) is 0.500. The number of ether oxygens (including phenoxy) is 1. The number of hydrazine groups is 1. The summed E-state index contributed by atoms with van der Waals surface area (Å²) in [4.78, 5) is 22.6. The number of thiocarbonyl (C=S) groups is 1. The number of nitrogens with one attached hydrogen (secondary N) is 3. The summed E-state index contributed by atoms with van der Waals surface area (Å²) >= 11 is 5.21. The third-order valence-electron chi connectivity index (χ3n) is 4.36. The summed E-state index contributed by atoms with van der Waals surface area (Å²) in [6.07, 6.45) is 4.57. The van der Waals surface area contributed by atoms with Gasteiger partial charge in [-0.25, -0.2) is 0 Å². The molecule has 0 radical (unpaired) electrons. The Morgan fingerprint density at radius 3 is 2.68 bits per heavy atom. The first kappa shape index (κ1) is 18.9. The van der Waals surface area contributed by atoms with Gasteiger partial charge < -0.3 is 10.1 Å². The summed E-state index contributed by atoms with van der Waals surface area (Å²) in [5.74, 6) is 0.187. The van der Waals surface area contributed by atoms with Crippen molar-refractivity contribution in [3.63, 3.8) is 0 Å². The molecular weight excluding hydrogens is 344 g/mol. The minimum absolute atomic E-state index is 0.0537. The number of rotatable bonds is 4. The topological polar surface area (TPSA) is 106 Å². The van der Waals surface area contributed by atoms with Crippen molar-refractivity contribution >= 4 is 28.9 Å². The predicted octanol–water partition coefficient (Wildman–Crippen LogP) is 2.29. The minimum Gasteiger partial charge on any atom is -0.496 e. The van der Waals surface area contributed by atoms with E-state index in [1.807, 2.05) is 0 Å². The zero-order valence-electron chi connectivity index (χ0n) is 14.2. The number of non-ortho nitro benzene ring substituents is 1. The Bertz CT molecular complexity index is 668. The summed E-state index contributed by atoms with van der Waals surface area (Å²) in [5.41, 5.74) is 4.95. The lowest BCUT2D eigenvalue weighted by Crippen LogP contribution is -2.51. The van der Waals surface area contributed by atoms with Gasteiger partial charge in [0.15, 0.2) is 5.11 Å². The van der Waals surface area contributed by atoms with Crippen LogP contribution in [0.2, 0.25) is 0 Å². The Hall–Kier alpha value is -2.42. The number of methoxy groups -OCH3 is 1. The van der Waals surface area contributed by atoms with E-state index in [1.54, 1.807) is 0 Å². The van der Waals surface area contributed by atoms with Gasteiger partial charge in [-0.1, -0.05) is 19.8 Å². The van der Waals surface area contributed by atoms with Crippen molar-refractivity contribution in [2.75, 3.05) is 7.11 Å². The highest BCUT2D eigenvalue weighted by Gasteiger charge is 2.22. The van der Waals surface area contributed by atoms with Gasteiger partial charge in [0.25, 0.3) is 11.6 Å². The van der Waals surface area contributed by atoms with Gasteiger partial charge in [-0.3, -0.25) is 25.8 Å². The van der Waals surface area contributed by atoms with Crippen LogP contribution in [0.3, 0.4) is 0 Å². The molecule has 2 unspecified atom stereocenters. The van der Waals surface area contributed by atoms with Gasteiger partial charge in [-0.05, 0) is 37.0 Å². The Balaban J connectivity index is 1.96. The van der Waals surface area contributed by atoms with Crippen LogP contribution >= 0.6 is 12.2 Å². The van der Waals surface area contributed by atoms with Gasteiger partial charge in [0.1, 0.15) is 5.75 Å². The van der Waals surface area contributed by atoms with E-state index in [2.05, 4.69) is 23.1 Å². The summed E-state index contributed by atoms with van der Waals surface area (Å²) in [6.45, 7) is 2.17. The molecule has 25 heavy (non-hydrogen) atoms. The largest absolute Gasteiger partial charge is 0.496 e. The van der Waals surface area contributed by atoms with Crippen molar-refractivity contribution in [1.82, 2.24) is 16.2 Å². The number of nitro groups is 1. The first-order valence-corrected chi connectivity index (χ1v) is 8.52. The normalized spacial score (nSPS) is 19.6. The molecule has 1 aliphatic carbocycles. The van der Waals surface area contributed by atoms with Crippen LogP contribution in [0.5, 0.6) is 5.75 Å². The molecule has 136 valence electrons. The number of hydrogen-bond donors (Lipinski definition) is 3. The van der Waals surface area contributed by atoms with Crippen molar-refractivity contribution < 1.29 is 14.5 Å². The van der Waals surface area contributed by atoms with Crippen molar-refractivity contribution in [1.29, 1.82) is 0 Å². The molecule has 0 spiro atoms. The molecule has 1 fully saturated rings. The molecule has 3 N–H and O–H groups in total. The van der Waals surface area contributed by atoms with Gasteiger partial charge in [-0.2, -0.15) is 0 Å². The highest BCUT2D eigenvalue weighted by molar-refractivity contribution is 7.80. The maximum atomic E-state index is 12.3. The first-order valence-electron chi connectivity index (χ1n) is 8.11. The Labute approximate surface area is 151 Å². The second-order valence-electron chi connectivity index (χ2n) is 6.06. The summed E-state index contributed by atoms with van der Waals surface area (Å²) in [7, 11) is 1.39. The first-order chi connectivity index (χ1) is 11.9. The Morgan fingerprint density at radius 1 is 1.32 bits per heavy atom. The zero-order chi connectivity index (χ0) is 18.4. The van der Waals surface area contributed by atoms with E-state index in [0.717, 1.165) is 25.3 Å². The molecule has 1 saturated carbocycles. The van der Waals surface area contributed by atoms with Crippen LogP contribution in [-0.2, 0) is 0 Å². The predicted molar refractivity (Wildman–Crippen MR) is 97.4 cm³/mol. The van der Waals surface area contributed by atoms with Crippen LogP contribution in [-0.4, -0.2) is 29.1 Å². The molecule has 0 bridgehead atoms. The van der Waals surface area contributed by atoms with E-state index in [4.69, 9.17) is 17.0 Å². The molecule has 0 aromatic heterocycles. The van der Waals surface area contributed by atoms with Crippen LogP contribution < -0.4 is 20.9 Å². The minimum atomic E-state index is -0.569. The fourth-order valence-electron chi connectivity index (χ4n) is 2.90. The van der Waals surface area contributed by atoms with Crippen LogP contribution in [0.4, 0.5) is 5.69 Å². The third-order valence-corrected chi connectivity index (χ3v) is 4.58. The molecule has 2 rings (SSSR count). The second-order valence-corrected chi connectivity index (χ2v) is 6.47. The molecular formula is C16H22N4O4S. The van der Waals surface area contributed by atoms with E-state index >= 15 is 0 Å². The van der Waals surface area contributed by atoms with Crippen molar-refractivity contribution in [3.05, 3.63) is 33.9 Å². The second kappa shape index (κ2) is 8.61. The van der Waals surface area contributed by atoms with Gasteiger partial charge in [0, 0.05) is 18.2 Å². The monoisotopic (exact) mass is 366 g/mol. The molecule has 0 saturated heterocycles. The lowest BCUT2D eigenvalue weighted by molar-refractivity contribution is -0.384. The van der Waals surface area contributed by atoms with Crippen LogP contribution in [0, 0.1) is 16.0 Å². The number of nitro benzene ring substituents is 1. The summed E-state index contributed by atoms with van der Waals surface area (Å²) < 4.78 is 5.08. The lowest BCUT2D eigenvalue weighted by Gasteiger charge is -2.30. The molecule has 1 aromatic rings. The van der Waals surface area contributed by atoms with Crippen LogP contribution in [0.15, 0.2) is 18.2 Å². The van der Waals surface area contributed by atoms with Gasteiger partial charge in [0.05, 0.1) is 17.6 Å². The average Bonchev–Trinajstić information content (AvgIpc) is 2.61. The Morgan fingerprint density at radius 2 is 2.04 bits per heavy atom. The molecule has 0 aliphatic heterocycles. The molecule has 1 aliphatic rings. The van der Waals surface area contributed by atoms with E-state index in [0.29, 0.717) is 11.0 Å². The standard InChI is InChI=1S/C16H22N4O4S/c1-10-5-3-4-6-13(10)17-16(25)19-18-15(21)12-9-11(20(22)23)7-8-14(12)24-2/h7-10,13H,3-6H2,1-2H3,(H,18,21)(H2,17,19,25). The number of carbonyl (C=O) groups excluding carboxylic acids is 1. The quantitative estimate of drug-likeness (QED) is 0.426. The molecule has 1 aromatic carbocycles. The average molecular weight is 366 g/mol. The lowest BCUT2D eigenvalue weighted by atomic mass is 9.86. The van der Waals surface area contributed by atoms with Crippen molar-refractivity contribution in [3.8, 4) is 5.75 Å². The van der Waals surface area contributed by atoms with E-state index < -0.39 is 10.8 Å². The van der Waals surface area contributed by atoms with Gasteiger partial charge in [0.2, 0.25) is 0 Å². The summed E-state index contributed by atoms with van der Waals surface area (Å²) in [6, 6.07) is 4.10. The molecule has 2 atom stereocenters. The molecule has 9 heteroatoms. The smallest absolute Gasteiger partial charge is 0.273 e. The van der Waals surface area contributed by atoms with Gasteiger partial charge >= 0.3 is 0 Å². The number of nitrogens with zero attached hydrogens (tertiary/aromatic N) is 1. The SMILES string of the molecule is COc1ccc([N+](=O)[O-])cc1C(=O)NNC(=S)NC1CCCCC1C. The van der Waals surface area contributed by atoms with E-state index in [-0.39, 0.29) is 23.0 Å².